The summed E-state index contributed by atoms with van der Waals surface area (Å²) in [4.78, 5) is 13.7. The molecule has 0 N–H and O–H groups in total. The molecule has 0 saturated heterocycles. The predicted molar refractivity (Wildman–Crippen MR) is 65.4 cm³/mol. The summed E-state index contributed by atoms with van der Waals surface area (Å²) in [7, 11) is 0. The summed E-state index contributed by atoms with van der Waals surface area (Å²) in [5.74, 6) is -2.32. The van der Waals surface area contributed by atoms with Crippen LogP contribution in [0.1, 0.15) is 35.2 Å². The molecule has 0 aliphatic heterocycles. The molecule has 0 aromatic heterocycles. The Kier molecular flexibility index (Phi) is 3.79. The van der Waals surface area contributed by atoms with Gasteiger partial charge >= 0.3 is 0 Å². The van der Waals surface area contributed by atoms with Crippen LogP contribution in [0.25, 0.3) is 0 Å². The molecule has 0 unspecified atom stereocenters. The highest BCUT2D eigenvalue weighted by molar-refractivity contribution is 5.95. The maximum Gasteiger partial charge on any atom is 0.260 e. The molecule has 1 aliphatic rings. The fraction of sp³-hybridized carbons (Fsp3) is 0.429. The van der Waals surface area contributed by atoms with Crippen molar-refractivity contribution in [3.8, 4) is 6.07 Å². The molecule has 3 nitrogen and oxygen atoms in total. The van der Waals surface area contributed by atoms with Gasteiger partial charge in [-0.05, 0) is 31.4 Å². The minimum absolute atomic E-state index is 0.0140. The molecule has 0 heterocycles. The monoisotopic (exact) mass is 264 g/mol. The third-order valence-corrected chi connectivity index (χ3v) is 3.21. The Morgan fingerprint density at radius 1 is 1.47 bits per heavy atom. The molecule has 5 heteroatoms. The van der Waals surface area contributed by atoms with Crippen molar-refractivity contribution in [2.45, 2.75) is 32.2 Å². The Hall–Kier alpha value is -1.96. The highest BCUT2D eigenvalue weighted by atomic mass is 19.1. The summed E-state index contributed by atoms with van der Waals surface area (Å²) in [5.41, 5.74) is -0.273. The lowest BCUT2D eigenvalue weighted by molar-refractivity contribution is 0.0736. The van der Waals surface area contributed by atoms with Crippen LogP contribution in [0, 0.1) is 29.9 Å². The lowest BCUT2D eigenvalue weighted by Crippen LogP contribution is -2.35. The largest absolute Gasteiger partial charge is 0.334 e. The number of hydrogen-bond acceptors (Lipinski definition) is 2. The van der Waals surface area contributed by atoms with Crippen molar-refractivity contribution in [1.82, 2.24) is 4.90 Å². The van der Waals surface area contributed by atoms with E-state index in [2.05, 4.69) is 0 Å². The first-order valence-corrected chi connectivity index (χ1v) is 6.18. The van der Waals surface area contributed by atoms with Crippen LogP contribution in [0.5, 0.6) is 0 Å². The van der Waals surface area contributed by atoms with Crippen molar-refractivity contribution in [3.05, 3.63) is 34.9 Å². The van der Waals surface area contributed by atoms with E-state index in [-0.39, 0.29) is 24.6 Å². The number of hydrogen-bond donors (Lipinski definition) is 0. The average Bonchev–Trinajstić information content (AvgIpc) is 3.19. The Bertz CT molecular complexity index is 547. The summed E-state index contributed by atoms with van der Waals surface area (Å²) in [6, 6.07) is 4.36. The molecule has 0 radical (unpaired) electrons. The zero-order valence-corrected chi connectivity index (χ0v) is 10.6. The van der Waals surface area contributed by atoms with Crippen molar-refractivity contribution in [1.29, 1.82) is 5.26 Å². The molecule has 1 aliphatic carbocycles. The second-order valence-corrected chi connectivity index (χ2v) is 4.69. The quantitative estimate of drug-likeness (QED) is 0.839. The van der Waals surface area contributed by atoms with Gasteiger partial charge in [-0.3, -0.25) is 4.79 Å². The zero-order valence-electron chi connectivity index (χ0n) is 10.6. The highest BCUT2D eigenvalue weighted by Crippen LogP contribution is 2.29. The Morgan fingerprint density at radius 2 is 2.16 bits per heavy atom. The summed E-state index contributed by atoms with van der Waals surface area (Å²) in [5, 5.41) is 8.59. The summed E-state index contributed by atoms with van der Waals surface area (Å²) in [6.07, 6.45) is 1.82. The maximum atomic E-state index is 13.9. The number of nitriles is 1. The molecule has 1 aromatic rings. The van der Waals surface area contributed by atoms with E-state index in [4.69, 9.17) is 5.26 Å². The van der Waals surface area contributed by atoms with Gasteiger partial charge in [-0.1, -0.05) is 6.07 Å². The average molecular weight is 264 g/mol. The van der Waals surface area contributed by atoms with Gasteiger partial charge in [-0.2, -0.15) is 5.26 Å². The molecular formula is C14H14F2N2O. The Morgan fingerprint density at radius 3 is 2.74 bits per heavy atom. The number of carbonyl (C=O) groups is 1. The van der Waals surface area contributed by atoms with Gasteiger partial charge in [0.15, 0.2) is 0 Å². The first kappa shape index (κ1) is 13.5. The van der Waals surface area contributed by atoms with Crippen molar-refractivity contribution >= 4 is 5.91 Å². The molecule has 0 atom stereocenters. The van der Waals surface area contributed by atoms with Gasteiger partial charge in [0.2, 0.25) is 0 Å². The Labute approximate surface area is 110 Å². The fourth-order valence-electron chi connectivity index (χ4n) is 2.00. The molecule has 1 fully saturated rings. The summed E-state index contributed by atoms with van der Waals surface area (Å²) in [6.45, 7) is 1.70. The molecule has 100 valence electrons. The van der Waals surface area contributed by atoms with E-state index in [9.17, 15) is 13.6 Å². The standard InChI is InChI=1S/C14H14F2N2O/c1-9-3-6-11(15)12(13(9)16)14(19)18(8-2-7-17)10-4-5-10/h3,6,10H,2,4-5,8H2,1H3. The van der Waals surface area contributed by atoms with Crippen LogP contribution >= 0.6 is 0 Å². The van der Waals surface area contributed by atoms with Crippen molar-refractivity contribution in [2.24, 2.45) is 0 Å². The zero-order chi connectivity index (χ0) is 14.0. The third-order valence-electron chi connectivity index (χ3n) is 3.21. The second-order valence-electron chi connectivity index (χ2n) is 4.69. The lowest BCUT2D eigenvalue weighted by atomic mass is 10.1. The molecule has 2 rings (SSSR count). The topological polar surface area (TPSA) is 44.1 Å². The first-order valence-electron chi connectivity index (χ1n) is 6.18. The van der Waals surface area contributed by atoms with Gasteiger partial charge < -0.3 is 4.90 Å². The molecule has 0 bridgehead atoms. The van der Waals surface area contributed by atoms with Crippen LogP contribution in [0.15, 0.2) is 12.1 Å². The van der Waals surface area contributed by atoms with Gasteiger partial charge in [0.05, 0.1) is 12.5 Å². The number of carbonyl (C=O) groups excluding carboxylic acids is 1. The maximum absolute atomic E-state index is 13.9. The van der Waals surface area contributed by atoms with E-state index in [1.165, 1.54) is 17.9 Å². The van der Waals surface area contributed by atoms with E-state index in [1.807, 2.05) is 6.07 Å². The number of nitrogens with zero attached hydrogens (tertiary/aromatic N) is 2. The van der Waals surface area contributed by atoms with Crippen molar-refractivity contribution < 1.29 is 13.6 Å². The van der Waals surface area contributed by atoms with Gasteiger partial charge in [-0.25, -0.2) is 8.78 Å². The molecule has 1 saturated carbocycles. The van der Waals surface area contributed by atoms with E-state index >= 15 is 0 Å². The van der Waals surface area contributed by atoms with Crippen LogP contribution in [0.3, 0.4) is 0 Å². The van der Waals surface area contributed by atoms with E-state index in [1.54, 1.807) is 0 Å². The summed E-state index contributed by atoms with van der Waals surface area (Å²) >= 11 is 0. The second kappa shape index (κ2) is 5.35. The third kappa shape index (κ3) is 2.73. The normalized spacial score (nSPS) is 14.0. The number of rotatable bonds is 4. The predicted octanol–water partition coefficient (Wildman–Crippen LogP) is 2.79. The minimum atomic E-state index is -0.851. The molecule has 1 aromatic carbocycles. The van der Waals surface area contributed by atoms with Crippen molar-refractivity contribution in [3.63, 3.8) is 0 Å². The van der Waals surface area contributed by atoms with Crippen LogP contribution in [-0.2, 0) is 0 Å². The first-order chi connectivity index (χ1) is 9.06. The summed E-state index contributed by atoms with van der Waals surface area (Å²) < 4.78 is 27.6. The van der Waals surface area contributed by atoms with Crippen LogP contribution < -0.4 is 0 Å². The Balaban J connectivity index is 2.32. The molecular weight excluding hydrogens is 250 g/mol. The van der Waals surface area contributed by atoms with Crippen LogP contribution in [0.4, 0.5) is 8.78 Å². The molecule has 0 spiro atoms. The van der Waals surface area contributed by atoms with Gasteiger partial charge in [0, 0.05) is 12.6 Å². The smallest absolute Gasteiger partial charge is 0.260 e. The number of benzene rings is 1. The number of halogens is 2. The van der Waals surface area contributed by atoms with E-state index < -0.39 is 23.1 Å². The van der Waals surface area contributed by atoms with E-state index in [0.717, 1.165) is 18.9 Å². The lowest BCUT2D eigenvalue weighted by Gasteiger charge is -2.22. The van der Waals surface area contributed by atoms with Gasteiger partial charge in [0.1, 0.15) is 17.2 Å². The van der Waals surface area contributed by atoms with Crippen LogP contribution in [-0.4, -0.2) is 23.4 Å². The highest BCUT2D eigenvalue weighted by Gasteiger charge is 2.35. The SMILES string of the molecule is Cc1ccc(F)c(C(=O)N(CCC#N)C2CC2)c1F. The van der Waals surface area contributed by atoms with Crippen molar-refractivity contribution in [2.75, 3.05) is 6.54 Å². The minimum Gasteiger partial charge on any atom is -0.334 e. The van der Waals surface area contributed by atoms with Gasteiger partial charge in [0.25, 0.3) is 5.91 Å². The number of aryl methyl sites for hydroxylation is 1. The molecule has 19 heavy (non-hydrogen) atoms. The number of amides is 1. The van der Waals surface area contributed by atoms with Gasteiger partial charge in [-0.15, -0.1) is 0 Å². The van der Waals surface area contributed by atoms with Crippen LogP contribution in [0.2, 0.25) is 0 Å². The molecule has 1 amide bonds. The fourth-order valence-corrected chi connectivity index (χ4v) is 2.00. The van der Waals surface area contributed by atoms with E-state index in [0.29, 0.717) is 0 Å².